The van der Waals surface area contributed by atoms with Gasteiger partial charge in [-0.1, -0.05) is 31.5 Å². The summed E-state index contributed by atoms with van der Waals surface area (Å²) >= 11 is 0. The van der Waals surface area contributed by atoms with E-state index in [-0.39, 0.29) is 12.0 Å². The lowest BCUT2D eigenvalue weighted by molar-refractivity contribution is 0.0861. The van der Waals surface area contributed by atoms with Gasteiger partial charge in [-0.15, -0.1) is 0 Å². The van der Waals surface area contributed by atoms with Crippen molar-refractivity contribution in [3.05, 3.63) is 34.4 Å². The number of rotatable bonds is 5. The third kappa shape index (κ3) is 3.56. The molecule has 0 aromatic heterocycles. The minimum Gasteiger partial charge on any atom is -0.392 e. The van der Waals surface area contributed by atoms with E-state index in [1.807, 2.05) is 0 Å². The summed E-state index contributed by atoms with van der Waals surface area (Å²) < 4.78 is 0. The first-order valence-corrected chi connectivity index (χ1v) is 6.81. The standard InChI is InChI=1S/C16H27NO/c1-10(2)15(9-17)16(18)8-14-12(4)6-11(3)7-13(14)5/h6-7,10,15-16,18H,8-9,17H2,1-5H3. The fraction of sp³-hybridized carbons (Fsp3) is 0.625. The van der Waals surface area contributed by atoms with Crippen LogP contribution >= 0.6 is 0 Å². The molecule has 2 nitrogen and oxygen atoms in total. The lowest BCUT2D eigenvalue weighted by Gasteiger charge is -2.26. The maximum Gasteiger partial charge on any atom is 0.0623 e. The van der Waals surface area contributed by atoms with Gasteiger partial charge < -0.3 is 10.8 Å². The highest BCUT2D eigenvalue weighted by Crippen LogP contribution is 2.23. The van der Waals surface area contributed by atoms with Gasteiger partial charge in [0.05, 0.1) is 6.10 Å². The average Bonchev–Trinajstić information content (AvgIpc) is 2.23. The minimum absolute atomic E-state index is 0.171. The molecule has 1 aromatic carbocycles. The molecular formula is C16H27NO. The molecule has 1 rings (SSSR count). The molecule has 0 bridgehead atoms. The highest BCUT2D eigenvalue weighted by molar-refractivity contribution is 5.37. The lowest BCUT2D eigenvalue weighted by Crippen LogP contribution is -2.33. The van der Waals surface area contributed by atoms with E-state index in [1.54, 1.807) is 0 Å². The summed E-state index contributed by atoms with van der Waals surface area (Å²) in [6.45, 7) is 11.1. The molecule has 2 unspecified atom stereocenters. The molecule has 0 saturated carbocycles. The summed E-state index contributed by atoms with van der Waals surface area (Å²) in [6.07, 6.45) is 0.355. The van der Waals surface area contributed by atoms with Crippen molar-refractivity contribution < 1.29 is 5.11 Å². The maximum absolute atomic E-state index is 10.4. The number of hydrogen-bond donors (Lipinski definition) is 2. The highest BCUT2D eigenvalue weighted by Gasteiger charge is 2.22. The molecule has 2 heteroatoms. The van der Waals surface area contributed by atoms with Crippen molar-refractivity contribution in [1.82, 2.24) is 0 Å². The lowest BCUT2D eigenvalue weighted by atomic mass is 9.85. The first-order valence-electron chi connectivity index (χ1n) is 6.81. The summed E-state index contributed by atoms with van der Waals surface area (Å²) in [4.78, 5) is 0. The van der Waals surface area contributed by atoms with E-state index < -0.39 is 0 Å². The second-order valence-electron chi connectivity index (χ2n) is 5.79. The first kappa shape index (κ1) is 15.2. The van der Waals surface area contributed by atoms with Crippen LogP contribution in [0.2, 0.25) is 0 Å². The summed E-state index contributed by atoms with van der Waals surface area (Å²) in [5.41, 5.74) is 10.9. The van der Waals surface area contributed by atoms with Gasteiger partial charge in [-0.3, -0.25) is 0 Å². The van der Waals surface area contributed by atoms with E-state index in [0.29, 0.717) is 18.9 Å². The molecule has 0 heterocycles. The van der Waals surface area contributed by atoms with Crippen molar-refractivity contribution in [2.75, 3.05) is 6.54 Å². The zero-order chi connectivity index (χ0) is 13.9. The molecule has 2 atom stereocenters. The van der Waals surface area contributed by atoms with Crippen LogP contribution in [0.15, 0.2) is 12.1 Å². The van der Waals surface area contributed by atoms with E-state index in [4.69, 9.17) is 5.73 Å². The Balaban J connectivity index is 2.91. The van der Waals surface area contributed by atoms with Crippen molar-refractivity contribution >= 4 is 0 Å². The Hall–Kier alpha value is -0.860. The number of aryl methyl sites for hydroxylation is 3. The monoisotopic (exact) mass is 249 g/mol. The van der Waals surface area contributed by atoms with Crippen molar-refractivity contribution in [1.29, 1.82) is 0 Å². The summed E-state index contributed by atoms with van der Waals surface area (Å²) in [7, 11) is 0. The fourth-order valence-corrected chi connectivity index (χ4v) is 2.77. The van der Waals surface area contributed by atoms with Crippen LogP contribution in [0.3, 0.4) is 0 Å². The first-order chi connectivity index (χ1) is 8.36. The zero-order valence-corrected chi connectivity index (χ0v) is 12.3. The number of hydrogen-bond acceptors (Lipinski definition) is 2. The molecule has 0 spiro atoms. The number of aliphatic hydroxyl groups is 1. The Bertz CT molecular complexity index is 375. The van der Waals surface area contributed by atoms with Crippen LogP contribution in [-0.4, -0.2) is 17.8 Å². The number of nitrogens with two attached hydrogens (primary N) is 1. The molecule has 0 saturated heterocycles. The Morgan fingerprint density at radius 2 is 1.61 bits per heavy atom. The molecule has 0 aliphatic carbocycles. The SMILES string of the molecule is Cc1cc(C)c(CC(O)C(CN)C(C)C)c(C)c1. The van der Waals surface area contributed by atoms with Crippen LogP contribution in [0.1, 0.15) is 36.1 Å². The average molecular weight is 249 g/mol. The van der Waals surface area contributed by atoms with Crippen LogP contribution in [0.5, 0.6) is 0 Å². The molecule has 3 N–H and O–H groups in total. The zero-order valence-electron chi connectivity index (χ0n) is 12.3. The molecular weight excluding hydrogens is 222 g/mol. The molecule has 0 aliphatic heterocycles. The topological polar surface area (TPSA) is 46.2 Å². The summed E-state index contributed by atoms with van der Waals surface area (Å²) in [6, 6.07) is 4.36. The Morgan fingerprint density at radius 1 is 1.11 bits per heavy atom. The van der Waals surface area contributed by atoms with Gasteiger partial charge >= 0.3 is 0 Å². The fourth-order valence-electron chi connectivity index (χ4n) is 2.77. The van der Waals surface area contributed by atoms with Crippen molar-refractivity contribution in [3.63, 3.8) is 0 Å². The van der Waals surface area contributed by atoms with Crippen molar-refractivity contribution in [3.8, 4) is 0 Å². The predicted octanol–water partition coefficient (Wildman–Crippen LogP) is 2.75. The maximum atomic E-state index is 10.4. The molecule has 0 amide bonds. The second kappa shape index (κ2) is 6.35. The molecule has 0 radical (unpaired) electrons. The van der Waals surface area contributed by atoms with Crippen LogP contribution in [0.4, 0.5) is 0 Å². The molecule has 0 aliphatic rings. The van der Waals surface area contributed by atoms with Gasteiger partial charge in [0.15, 0.2) is 0 Å². The van der Waals surface area contributed by atoms with E-state index in [0.717, 1.165) is 0 Å². The minimum atomic E-state index is -0.352. The van der Waals surface area contributed by atoms with Crippen LogP contribution in [-0.2, 0) is 6.42 Å². The van der Waals surface area contributed by atoms with Crippen LogP contribution in [0, 0.1) is 32.6 Å². The van der Waals surface area contributed by atoms with Gasteiger partial charge in [-0.2, -0.15) is 0 Å². The van der Waals surface area contributed by atoms with E-state index in [2.05, 4.69) is 46.8 Å². The molecule has 102 valence electrons. The van der Waals surface area contributed by atoms with Gasteiger partial charge in [0.25, 0.3) is 0 Å². The predicted molar refractivity (Wildman–Crippen MR) is 77.7 cm³/mol. The van der Waals surface area contributed by atoms with Gasteiger partial charge in [0.2, 0.25) is 0 Å². The molecule has 1 aromatic rings. The van der Waals surface area contributed by atoms with Gasteiger partial charge in [0.1, 0.15) is 0 Å². The van der Waals surface area contributed by atoms with Crippen LogP contribution in [0.25, 0.3) is 0 Å². The van der Waals surface area contributed by atoms with E-state index >= 15 is 0 Å². The second-order valence-corrected chi connectivity index (χ2v) is 5.79. The van der Waals surface area contributed by atoms with Crippen LogP contribution < -0.4 is 5.73 Å². The Kier molecular flexibility index (Phi) is 5.36. The third-order valence-corrected chi connectivity index (χ3v) is 3.88. The normalized spacial score (nSPS) is 14.9. The Morgan fingerprint density at radius 3 is 2.00 bits per heavy atom. The third-order valence-electron chi connectivity index (χ3n) is 3.88. The number of benzene rings is 1. The number of aliphatic hydroxyl groups excluding tert-OH is 1. The van der Waals surface area contributed by atoms with Gasteiger partial charge in [0, 0.05) is 0 Å². The van der Waals surface area contributed by atoms with Crippen molar-refractivity contribution in [2.45, 2.75) is 47.1 Å². The molecule has 0 fully saturated rings. The smallest absolute Gasteiger partial charge is 0.0623 e. The highest BCUT2D eigenvalue weighted by atomic mass is 16.3. The quantitative estimate of drug-likeness (QED) is 0.843. The van der Waals surface area contributed by atoms with Gasteiger partial charge in [-0.05, 0) is 62.3 Å². The summed E-state index contributed by atoms with van der Waals surface area (Å²) in [5, 5.41) is 10.4. The van der Waals surface area contributed by atoms with Gasteiger partial charge in [-0.25, -0.2) is 0 Å². The Labute approximate surface area is 111 Å². The van der Waals surface area contributed by atoms with Crippen molar-refractivity contribution in [2.24, 2.45) is 17.6 Å². The van der Waals surface area contributed by atoms with E-state index in [1.165, 1.54) is 22.3 Å². The van der Waals surface area contributed by atoms with E-state index in [9.17, 15) is 5.11 Å². The summed E-state index contributed by atoms with van der Waals surface area (Å²) in [5.74, 6) is 0.584. The molecule has 18 heavy (non-hydrogen) atoms. The largest absolute Gasteiger partial charge is 0.392 e.